The molecule has 0 bridgehead atoms. The van der Waals surface area contributed by atoms with E-state index in [4.69, 9.17) is 5.11 Å². The summed E-state index contributed by atoms with van der Waals surface area (Å²) in [5.41, 5.74) is 3.19. The number of nitrogens with one attached hydrogen (secondary N) is 1. The van der Waals surface area contributed by atoms with Gasteiger partial charge in [0, 0.05) is 6.54 Å². The highest BCUT2D eigenvalue weighted by Gasteiger charge is 2.10. The van der Waals surface area contributed by atoms with Crippen LogP contribution < -0.4 is 5.32 Å². The van der Waals surface area contributed by atoms with E-state index in [1.807, 2.05) is 36.4 Å². The maximum absolute atomic E-state index is 9.17. The predicted molar refractivity (Wildman–Crippen MR) is 87.2 cm³/mol. The van der Waals surface area contributed by atoms with Gasteiger partial charge in [-0.05, 0) is 30.2 Å². The van der Waals surface area contributed by atoms with E-state index in [2.05, 4.69) is 29.4 Å². The van der Waals surface area contributed by atoms with Crippen molar-refractivity contribution in [2.24, 2.45) is 0 Å². The van der Waals surface area contributed by atoms with Crippen molar-refractivity contribution in [3.8, 4) is 0 Å². The van der Waals surface area contributed by atoms with E-state index in [1.165, 1.54) is 10.3 Å². The number of thiazole rings is 1. The highest BCUT2D eigenvalue weighted by Crippen LogP contribution is 2.26. The summed E-state index contributed by atoms with van der Waals surface area (Å²) in [6.07, 6.45) is 0. The third-order valence-electron chi connectivity index (χ3n) is 3.47. The lowest BCUT2D eigenvalue weighted by atomic mass is 10.1. The summed E-state index contributed by atoms with van der Waals surface area (Å²) in [6, 6.07) is 16.4. The molecule has 0 saturated heterocycles. The Balaban J connectivity index is 1.69. The highest BCUT2D eigenvalue weighted by atomic mass is 32.1. The maximum atomic E-state index is 9.17. The largest absolute Gasteiger partial charge is 0.392 e. The Kier molecular flexibility index (Phi) is 4.29. The second-order valence-corrected chi connectivity index (χ2v) is 6.16. The fourth-order valence-electron chi connectivity index (χ4n) is 2.27. The summed E-state index contributed by atoms with van der Waals surface area (Å²) in [6.45, 7) is 2.99. The van der Waals surface area contributed by atoms with E-state index in [9.17, 15) is 0 Å². The second kappa shape index (κ2) is 6.35. The average molecular weight is 298 g/mol. The molecular weight excluding hydrogens is 280 g/mol. The van der Waals surface area contributed by atoms with Crippen LogP contribution in [0.3, 0.4) is 0 Å². The van der Waals surface area contributed by atoms with Gasteiger partial charge in [-0.25, -0.2) is 4.98 Å². The molecule has 1 aromatic heterocycles. The van der Waals surface area contributed by atoms with Crippen LogP contribution in [0.25, 0.3) is 10.2 Å². The van der Waals surface area contributed by atoms with Crippen molar-refractivity contribution in [2.45, 2.75) is 26.1 Å². The first kappa shape index (κ1) is 14.2. The number of para-hydroxylation sites is 1. The predicted octanol–water partition coefficient (Wildman–Crippen LogP) is 3.64. The number of benzene rings is 2. The van der Waals surface area contributed by atoms with Crippen LogP contribution in [0, 0.1) is 0 Å². The van der Waals surface area contributed by atoms with Crippen molar-refractivity contribution in [1.29, 1.82) is 0 Å². The van der Waals surface area contributed by atoms with Crippen LogP contribution in [0.2, 0.25) is 0 Å². The van der Waals surface area contributed by atoms with Crippen molar-refractivity contribution < 1.29 is 5.11 Å². The molecule has 0 aliphatic rings. The number of hydrogen-bond donors (Lipinski definition) is 2. The Labute approximate surface area is 128 Å². The minimum Gasteiger partial charge on any atom is -0.392 e. The van der Waals surface area contributed by atoms with Crippen LogP contribution in [-0.2, 0) is 13.2 Å². The van der Waals surface area contributed by atoms with Gasteiger partial charge in [-0.1, -0.05) is 36.4 Å². The zero-order valence-electron chi connectivity index (χ0n) is 11.9. The number of hydrogen-bond acceptors (Lipinski definition) is 4. The van der Waals surface area contributed by atoms with Crippen molar-refractivity contribution >= 4 is 21.6 Å². The zero-order chi connectivity index (χ0) is 14.7. The Morgan fingerprint density at radius 2 is 1.95 bits per heavy atom. The first-order valence-corrected chi connectivity index (χ1v) is 7.85. The van der Waals surface area contributed by atoms with Crippen LogP contribution in [0.5, 0.6) is 0 Å². The molecule has 3 nitrogen and oxygen atoms in total. The lowest BCUT2D eigenvalue weighted by molar-refractivity contribution is 0.281. The first-order chi connectivity index (χ1) is 10.3. The van der Waals surface area contributed by atoms with Gasteiger partial charge in [0.15, 0.2) is 0 Å². The molecular formula is C17H18N2OS. The van der Waals surface area contributed by atoms with Crippen molar-refractivity contribution in [2.75, 3.05) is 0 Å². The van der Waals surface area contributed by atoms with Crippen molar-refractivity contribution in [3.63, 3.8) is 0 Å². The summed E-state index contributed by atoms with van der Waals surface area (Å²) < 4.78 is 1.23. The van der Waals surface area contributed by atoms with Crippen LogP contribution in [0.1, 0.15) is 29.1 Å². The molecule has 0 radical (unpaired) electrons. The van der Waals surface area contributed by atoms with Gasteiger partial charge in [-0.3, -0.25) is 0 Å². The van der Waals surface area contributed by atoms with E-state index in [-0.39, 0.29) is 12.6 Å². The van der Waals surface area contributed by atoms with Gasteiger partial charge >= 0.3 is 0 Å². The first-order valence-electron chi connectivity index (χ1n) is 7.04. The number of fused-ring (bicyclic) bond motifs is 1. The number of aliphatic hydroxyl groups is 1. The normalized spacial score (nSPS) is 12.7. The quantitative estimate of drug-likeness (QED) is 0.756. The van der Waals surface area contributed by atoms with Gasteiger partial charge in [0.1, 0.15) is 5.01 Å². The molecule has 0 amide bonds. The molecule has 0 aliphatic carbocycles. The molecule has 0 aliphatic heterocycles. The summed E-state index contributed by atoms with van der Waals surface area (Å²) in [4.78, 5) is 4.67. The van der Waals surface area contributed by atoms with Crippen molar-refractivity contribution in [3.05, 3.63) is 64.7 Å². The van der Waals surface area contributed by atoms with Crippen LogP contribution in [0.15, 0.2) is 48.5 Å². The molecule has 3 aromatic rings. The molecule has 21 heavy (non-hydrogen) atoms. The lowest BCUT2D eigenvalue weighted by Gasteiger charge is -2.11. The van der Waals surface area contributed by atoms with Crippen LogP contribution in [-0.4, -0.2) is 10.1 Å². The Bertz CT molecular complexity index is 705. The van der Waals surface area contributed by atoms with E-state index in [0.29, 0.717) is 0 Å². The van der Waals surface area contributed by atoms with Crippen LogP contribution in [0.4, 0.5) is 0 Å². The number of aliphatic hydroxyl groups excluding tert-OH is 1. The molecule has 0 saturated carbocycles. The standard InChI is InChI=1S/C17H18N2OS/c1-12(17-19-15-7-2-3-8-16(15)21-17)18-10-13-5-4-6-14(9-13)11-20/h2-9,12,18,20H,10-11H2,1H3. The smallest absolute Gasteiger partial charge is 0.111 e. The summed E-state index contributed by atoms with van der Waals surface area (Å²) in [5, 5.41) is 13.8. The third kappa shape index (κ3) is 3.29. The number of nitrogens with zero attached hydrogens (tertiary/aromatic N) is 1. The summed E-state index contributed by atoms with van der Waals surface area (Å²) >= 11 is 1.73. The van der Waals surface area contributed by atoms with Crippen molar-refractivity contribution in [1.82, 2.24) is 10.3 Å². The fourth-order valence-corrected chi connectivity index (χ4v) is 3.27. The third-order valence-corrected chi connectivity index (χ3v) is 4.69. The molecule has 1 heterocycles. The molecule has 2 aromatic carbocycles. The summed E-state index contributed by atoms with van der Waals surface area (Å²) in [5.74, 6) is 0. The van der Waals surface area contributed by atoms with Gasteiger partial charge in [-0.15, -0.1) is 11.3 Å². The van der Waals surface area contributed by atoms with Crippen LogP contribution >= 0.6 is 11.3 Å². The molecule has 4 heteroatoms. The van der Waals surface area contributed by atoms with Gasteiger partial charge in [0.25, 0.3) is 0 Å². The minimum atomic E-state index is 0.0846. The maximum Gasteiger partial charge on any atom is 0.111 e. The fraction of sp³-hybridized carbons (Fsp3) is 0.235. The Morgan fingerprint density at radius 3 is 2.76 bits per heavy atom. The number of rotatable bonds is 5. The lowest BCUT2D eigenvalue weighted by Crippen LogP contribution is -2.17. The Morgan fingerprint density at radius 1 is 1.14 bits per heavy atom. The molecule has 0 fully saturated rings. The highest BCUT2D eigenvalue weighted by molar-refractivity contribution is 7.18. The average Bonchev–Trinajstić information content (AvgIpc) is 2.97. The van der Waals surface area contributed by atoms with Gasteiger partial charge in [0.05, 0.1) is 22.9 Å². The second-order valence-electron chi connectivity index (χ2n) is 5.10. The molecule has 1 atom stereocenters. The van der Waals surface area contributed by atoms with E-state index in [0.717, 1.165) is 22.6 Å². The number of aromatic nitrogens is 1. The SMILES string of the molecule is CC(NCc1cccc(CO)c1)c1nc2ccccc2s1. The zero-order valence-corrected chi connectivity index (χ0v) is 12.7. The van der Waals surface area contributed by atoms with Gasteiger partial charge < -0.3 is 10.4 Å². The van der Waals surface area contributed by atoms with E-state index >= 15 is 0 Å². The van der Waals surface area contributed by atoms with E-state index < -0.39 is 0 Å². The van der Waals surface area contributed by atoms with Gasteiger partial charge in [-0.2, -0.15) is 0 Å². The Hall–Kier alpha value is -1.75. The monoisotopic (exact) mass is 298 g/mol. The minimum absolute atomic E-state index is 0.0846. The van der Waals surface area contributed by atoms with E-state index in [1.54, 1.807) is 11.3 Å². The molecule has 0 spiro atoms. The topological polar surface area (TPSA) is 45.1 Å². The summed E-state index contributed by atoms with van der Waals surface area (Å²) in [7, 11) is 0. The van der Waals surface area contributed by atoms with Gasteiger partial charge in [0.2, 0.25) is 0 Å². The molecule has 2 N–H and O–H groups in total. The molecule has 1 unspecified atom stereocenters. The molecule has 108 valence electrons. The molecule has 3 rings (SSSR count).